The van der Waals surface area contributed by atoms with Crippen LogP contribution in [0.2, 0.25) is 0 Å². The van der Waals surface area contributed by atoms with Gasteiger partial charge in [0.2, 0.25) is 0 Å². The van der Waals surface area contributed by atoms with Crippen molar-refractivity contribution in [1.82, 2.24) is 20.2 Å². The van der Waals surface area contributed by atoms with Gasteiger partial charge in [-0.25, -0.2) is 4.98 Å². The number of pyridine rings is 2. The van der Waals surface area contributed by atoms with Gasteiger partial charge in [0.05, 0.1) is 29.9 Å². The van der Waals surface area contributed by atoms with Gasteiger partial charge in [-0.15, -0.1) is 0 Å². The molecule has 0 bridgehead atoms. The molecule has 1 fully saturated rings. The molecule has 3 aromatic heterocycles. The molecule has 6 rings (SSSR count). The fourth-order valence-electron chi connectivity index (χ4n) is 4.27. The number of rotatable bonds is 3. The van der Waals surface area contributed by atoms with Crippen molar-refractivity contribution in [3.05, 3.63) is 73.1 Å². The normalized spacial score (nSPS) is 14.4. The summed E-state index contributed by atoms with van der Waals surface area (Å²) in [6.45, 7) is 3.10. The maximum atomic E-state index is 5.56. The molecule has 6 nitrogen and oxygen atoms in total. The maximum absolute atomic E-state index is 5.56. The molecule has 1 N–H and O–H groups in total. The molecule has 2 aromatic carbocycles. The molecule has 1 aliphatic heterocycles. The lowest BCUT2D eigenvalue weighted by Crippen LogP contribution is -2.36. The standard InChI is InChI=1S/C25H21N5O/c1-2-7-22-17(4-1)14-18(16-26-22)21-15-24(30-10-12-31-13-11-30)28-25-19(21)5-3-6-20(25)23-8-9-27-29-23/h1-9,14-16H,10-13H2,(H,27,29). The second-order valence-electron chi connectivity index (χ2n) is 7.72. The summed E-state index contributed by atoms with van der Waals surface area (Å²) in [5.74, 6) is 0.964. The van der Waals surface area contributed by atoms with E-state index in [4.69, 9.17) is 14.7 Å². The van der Waals surface area contributed by atoms with Crippen molar-refractivity contribution in [2.45, 2.75) is 0 Å². The molecular formula is C25H21N5O. The number of nitrogens with zero attached hydrogens (tertiary/aromatic N) is 4. The summed E-state index contributed by atoms with van der Waals surface area (Å²) in [7, 11) is 0. The Hall–Kier alpha value is -3.77. The van der Waals surface area contributed by atoms with Crippen molar-refractivity contribution in [2.24, 2.45) is 0 Å². The molecule has 0 spiro atoms. The van der Waals surface area contributed by atoms with Crippen LogP contribution in [0.1, 0.15) is 0 Å². The molecule has 0 saturated carbocycles. The number of H-pyrrole nitrogens is 1. The summed E-state index contributed by atoms with van der Waals surface area (Å²) in [4.78, 5) is 12.1. The molecule has 0 amide bonds. The Kier molecular flexibility index (Phi) is 4.35. The lowest BCUT2D eigenvalue weighted by atomic mass is 9.98. The molecule has 0 unspecified atom stereocenters. The minimum Gasteiger partial charge on any atom is -0.378 e. The first-order valence-corrected chi connectivity index (χ1v) is 10.5. The van der Waals surface area contributed by atoms with E-state index in [-0.39, 0.29) is 0 Å². The summed E-state index contributed by atoms with van der Waals surface area (Å²) >= 11 is 0. The number of benzene rings is 2. The average molecular weight is 407 g/mol. The highest BCUT2D eigenvalue weighted by atomic mass is 16.5. The molecular weight excluding hydrogens is 386 g/mol. The van der Waals surface area contributed by atoms with Crippen LogP contribution in [0.25, 0.3) is 44.2 Å². The molecule has 0 atom stereocenters. The van der Waals surface area contributed by atoms with Gasteiger partial charge in [0, 0.05) is 47.4 Å². The number of aromatic amines is 1. The predicted molar refractivity (Wildman–Crippen MR) is 123 cm³/mol. The van der Waals surface area contributed by atoms with Crippen LogP contribution in [0.15, 0.2) is 73.1 Å². The van der Waals surface area contributed by atoms with Crippen molar-refractivity contribution in [2.75, 3.05) is 31.2 Å². The quantitative estimate of drug-likeness (QED) is 0.470. The summed E-state index contributed by atoms with van der Waals surface area (Å²) in [6.07, 6.45) is 3.73. The highest BCUT2D eigenvalue weighted by Crippen LogP contribution is 2.36. The number of anilines is 1. The van der Waals surface area contributed by atoms with Crippen LogP contribution in [0.3, 0.4) is 0 Å². The summed E-state index contributed by atoms with van der Waals surface area (Å²) < 4.78 is 5.56. The van der Waals surface area contributed by atoms with Gasteiger partial charge < -0.3 is 9.64 Å². The predicted octanol–water partition coefficient (Wildman–Crippen LogP) is 4.68. The van der Waals surface area contributed by atoms with Gasteiger partial charge in [0.25, 0.3) is 0 Å². The molecule has 4 heterocycles. The van der Waals surface area contributed by atoms with Gasteiger partial charge in [-0.1, -0.05) is 36.4 Å². The number of fused-ring (bicyclic) bond motifs is 2. The van der Waals surface area contributed by atoms with E-state index in [0.29, 0.717) is 0 Å². The molecule has 31 heavy (non-hydrogen) atoms. The zero-order valence-corrected chi connectivity index (χ0v) is 17.0. The number of nitrogens with one attached hydrogen (secondary N) is 1. The van der Waals surface area contributed by atoms with Crippen LogP contribution in [0, 0.1) is 0 Å². The first kappa shape index (κ1) is 18.0. The van der Waals surface area contributed by atoms with Crippen LogP contribution in [0.5, 0.6) is 0 Å². The fourth-order valence-corrected chi connectivity index (χ4v) is 4.27. The van der Waals surface area contributed by atoms with Gasteiger partial charge in [-0.05, 0) is 29.8 Å². The molecule has 0 radical (unpaired) electrons. The van der Waals surface area contributed by atoms with Gasteiger partial charge in [0.1, 0.15) is 5.82 Å². The third-order valence-electron chi connectivity index (χ3n) is 5.85. The third kappa shape index (κ3) is 3.21. The van der Waals surface area contributed by atoms with E-state index < -0.39 is 0 Å². The monoisotopic (exact) mass is 407 g/mol. The second kappa shape index (κ2) is 7.49. The lowest BCUT2D eigenvalue weighted by molar-refractivity contribution is 0.122. The van der Waals surface area contributed by atoms with Crippen molar-refractivity contribution in [3.63, 3.8) is 0 Å². The van der Waals surface area contributed by atoms with Gasteiger partial charge in [-0.2, -0.15) is 5.10 Å². The van der Waals surface area contributed by atoms with Crippen LogP contribution < -0.4 is 4.90 Å². The Morgan fingerprint density at radius 2 is 1.81 bits per heavy atom. The number of para-hydroxylation sites is 2. The molecule has 152 valence electrons. The Morgan fingerprint density at radius 1 is 0.903 bits per heavy atom. The van der Waals surface area contributed by atoms with Crippen molar-refractivity contribution in [3.8, 4) is 22.4 Å². The highest BCUT2D eigenvalue weighted by molar-refractivity contribution is 6.03. The molecule has 6 heteroatoms. The Balaban J connectivity index is 1.62. The van der Waals surface area contributed by atoms with Crippen LogP contribution >= 0.6 is 0 Å². The van der Waals surface area contributed by atoms with Crippen LogP contribution in [-0.2, 0) is 4.74 Å². The van der Waals surface area contributed by atoms with E-state index in [9.17, 15) is 0 Å². The van der Waals surface area contributed by atoms with Crippen LogP contribution in [-0.4, -0.2) is 46.5 Å². The van der Waals surface area contributed by atoms with Crippen molar-refractivity contribution < 1.29 is 4.74 Å². The number of hydrogen-bond acceptors (Lipinski definition) is 5. The highest BCUT2D eigenvalue weighted by Gasteiger charge is 2.18. The second-order valence-corrected chi connectivity index (χ2v) is 7.72. The molecule has 1 aliphatic rings. The van der Waals surface area contributed by atoms with Crippen LogP contribution in [0.4, 0.5) is 5.82 Å². The first-order valence-electron chi connectivity index (χ1n) is 10.5. The van der Waals surface area contributed by atoms with E-state index in [2.05, 4.69) is 51.5 Å². The zero-order valence-electron chi connectivity index (χ0n) is 17.0. The van der Waals surface area contributed by atoms with E-state index in [1.807, 2.05) is 30.5 Å². The van der Waals surface area contributed by atoms with E-state index in [0.717, 1.165) is 76.3 Å². The van der Waals surface area contributed by atoms with Crippen molar-refractivity contribution in [1.29, 1.82) is 0 Å². The SMILES string of the molecule is c1ccc2ncc(-c3cc(N4CCOCC4)nc4c(-c5ccn[nH]5)cccc34)cc2c1. The van der Waals surface area contributed by atoms with Gasteiger partial charge >= 0.3 is 0 Å². The summed E-state index contributed by atoms with van der Waals surface area (Å²) in [6, 6.07) is 20.9. The summed E-state index contributed by atoms with van der Waals surface area (Å²) in [5, 5.41) is 9.46. The Bertz CT molecular complexity index is 1370. The first-order chi connectivity index (χ1) is 15.4. The minimum atomic E-state index is 0.717. The summed E-state index contributed by atoms with van der Waals surface area (Å²) in [5.41, 5.74) is 6.17. The molecule has 1 saturated heterocycles. The smallest absolute Gasteiger partial charge is 0.130 e. The third-order valence-corrected chi connectivity index (χ3v) is 5.85. The topological polar surface area (TPSA) is 66.9 Å². The van der Waals surface area contributed by atoms with Gasteiger partial charge in [0.15, 0.2) is 0 Å². The minimum absolute atomic E-state index is 0.717. The molecule has 5 aromatic rings. The Morgan fingerprint density at radius 3 is 2.68 bits per heavy atom. The van der Waals surface area contributed by atoms with E-state index in [1.165, 1.54) is 0 Å². The Labute approximate surface area is 179 Å². The van der Waals surface area contributed by atoms with E-state index >= 15 is 0 Å². The fraction of sp³-hybridized carbons (Fsp3) is 0.160. The number of ether oxygens (including phenoxy) is 1. The number of hydrogen-bond donors (Lipinski definition) is 1. The molecule has 0 aliphatic carbocycles. The number of aromatic nitrogens is 4. The van der Waals surface area contributed by atoms with Crippen molar-refractivity contribution >= 4 is 27.6 Å². The maximum Gasteiger partial charge on any atom is 0.130 e. The average Bonchev–Trinajstić information content (AvgIpc) is 3.38. The van der Waals surface area contributed by atoms with Gasteiger partial charge in [-0.3, -0.25) is 10.1 Å². The lowest BCUT2D eigenvalue weighted by Gasteiger charge is -2.28. The number of morpholine rings is 1. The largest absolute Gasteiger partial charge is 0.378 e. The zero-order chi connectivity index (χ0) is 20.6. The van der Waals surface area contributed by atoms with E-state index in [1.54, 1.807) is 6.20 Å².